The summed E-state index contributed by atoms with van der Waals surface area (Å²) in [6.07, 6.45) is 1.99. The van der Waals surface area contributed by atoms with Gasteiger partial charge in [0.25, 0.3) is 0 Å². The predicted octanol–water partition coefficient (Wildman–Crippen LogP) is 5.78. The van der Waals surface area contributed by atoms with Crippen LogP contribution >= 0.6 is 0 Å². The molecule has 3 aromatic carbocycles. The zero-order valence-corrected chi connectivity index (χ0v) is 23.4. The number of nitrogens with one attached hydrogen (secondary N) is 2. The van der Waals surface area contributed by atoms with E-state index in [4.69, 9.17) is 9.57 Å². The molecule has 2 aliphatic rings. The van der Waals surface area contributed by atoms with Gasteiger partial charge in [-0.3, -0.25) is 4.84 Å². The van der Waals surface area contributed by atoms with Crippen molar-refractivity contribution in [3.8, 4) is 5.75 Å². The Hall–Kier alpha value is -4.48. The summed E-state index contributed by atoms with van der Waals surface area (Å²) in [7, 11) is 3.80. The standard InChI is InChI=1S/C31H31F2N7O2/c1-38-6-8-39(9-7-38)22-3-4-23-24-15-29(41-2)27(16-26(24)36-25(23)14-22)37-30-17-31(35-18-34-30)40-28(5-10-42-40)19-11-20(32)13-21(33)12-19/h3-4,11-18,28,36H,5-10H2,1-2H3,(H,34,35,37)/t28-/m1/s1. The summed E-state index contributed by atoms with van der Waals surface area (Å²) in [5.41, 5.74) is 4.46. The fourth-order valence-corrected chi connectivity index (χ4v) is 5.89. The molecule has 0 unspecified atom stereocenters. The van der Waals surface area contributed by atoms with Crippen LogP contribution in [-0.2, 0) is 4.84 Å². The second kappa shape index (κ2) is 10.7. The molecule has 216 valence electrons. The zero-order valence-electron chi connectivity index (χ0n) is 23.4. The van der Waals surface area contributed by atoms with Crippen molar-refractivity contribution in [1.82, 2.24) is 19.9 Å². The van der Waals surface area contributed by atoms with E-state index >= 15 is 0 Å². The third kappa shape index (κ3) is 4.94. The summed E-state index contributed by atoms with van der Waals surface area (Å²) in [5, 5.41) is 7.13. The van der Waals surface area contributed by atoms with Crippen LogP contribution in [0.15, 0.2) is 60.9 Å². The van der Waals surface area contributed by atoms with Crippen molar-refractivity contribution < 1.29 is 18.4 Å². The van der Waals surface area contributed by atoms with Crippen LogP contribution in [0.3, 0.4) is 0 Å². The molecule has 0 bridgehead atoms. The molecule has 7 rings (SSSR count). The van der Waals surface area contributed by atoms with Gasteiger partial charge in [-0.1, -0.05) is 6.07 Å². The lowest BCUT2D eigenvalue weighted by atomic mass is 10.0. The molecule has 2 aromatic heterocycles. The lowest BCUT2D eigenvalue weighted by Gasteiger charge is -2.34. The number of nitrogens with zero attached hydrogens (tertiary/aromatic N) is 5. The zero-order chi connectivity index (χ0) is 28.8. The number of aromatic nitrogens is 3. The predicted molar refractivity (Wildman–Crippen MR) is 160 cm³/mol. The van der Waals surface area contributed by atoms with Gasteiger partial charge in [0.1, 0.15) is 29.5 Å². The first-order chi connectivity index (χ1) is 20.4. The van der Waals surface area contributed by atoms with E-state index in [-0.39, 0.29) is 6.04 Å². The number of likely N-dealkylation sites (N-methyl/N-ethyl adjacent to an activating group) is 1. The van der Waals surface area contributed by atoms with Crippen molar-refractivity contribution in [3.05, 3.63) is 78.1 Å². The molecule has 2 saturated heterocycles. The second-order valence-corrected chi connectivity index (χ2v) is 10.8. The van der Waals surface area contributed by atoms with E-state index in [1.807, 2.05) is 12.1 Å². The number of fused-ring (bicyclic) bond motifs is 3. The van der Waals surface area contributed by atoms with Gasteiger partial charge in [0, 0.05) is 72.2 Å². The normalized spacial score (nSPS) is 17.9. The quantitative estimate of drug-likeness (QED) is 0.266. The maximum absolute atomic E-state index is 13.9. The maximum atomic E-state index is 13.9. The largest absolute Gasteiger partial charge is 0.495 e. The van der Waals surface area contributed by atoms with E-state index in [0.717, 1.165) is 59.7 Å². The Labute approximate surface area is 241 Å². The molecular weight excluding hydrogens is 540 g/mol. The smallest absolute Gasteiger partial charge is 0.158 e. The molecule has 2 aliphatic heterocycles. The van der Waals surface area contributed by atoms with Crippen molar-refractivity contribution in [2.75, 3.05) is 62.2 Å². The van der Waals surface area contributed by atoms with Crippen molar-refractivity contribution in [2.24, 2.45) is 0 Å². The second-order valence-electron chi connectivity index (χ2n) is 10.8. The Morgan fingerprint density at radius 2 is 1.71 bits per heavy atom. The van der Waals surface area contributed by atoms with Crippen LogP contribution < -0.4 is 20.0 Å². The number of piperazine rings is 1. The van der Waals surface area contributed by atoms with Crippen LogP contribution in [0.2, 0.25) is 0 Å². The Kier molecular flexibility index (Phi) is 6.75. The van der Waals surface area contributed by atoms with Crippen LogP contribution in [0, 0.1) is 11.6 Å². The van der Waals surface area contributed by atoms with E-state index in [0.29, 0.717) is 36.0 Å². The monoisotopic (exact) mass is 571 g/mol. The Bertz CT molecular complexity index is 1750. The molecule has 5 aromatic rings. The number of halogens is 2. The molecule has 1 atom stereocenters. The lowest BCUT2D eigenvalue weighted by molar-refractivity contribution is 0.156. The SMILES string of the molecule is COc1cc2c(cc1Nc1cc(N3OCC[C@@H]3c3cc(F)cc(F)c3)ncn1)[nH]c1cc(N3CCN(C)CC3)ccc12. The number of H-pyrrole nitrogens is 1. The number of benzene rings is 3. The summed E-state index contributed by atoms with van der Waals surface area (Å²) in [4.78, 5) is 22.9. The number of ether oxygens (including phenoxy) is 1. The van der Waals surface area contributed by atoms with Gasteiger partial charge in [0.2, 0.25) is 0 Å². The van der Waals surface area contributed by atoms with Crippen molar-refractivity contribution in [3.63, 3.8) is 0 Å². The number of hydrogen-bond donors (Lipinski definition) is 2. The molecular formula is C31H31F2N7O2. The number of rotatable bonds is 6. The van der Waals surface area contributed by atoms with Crippen LogP contribution in [0.5, 0.6) is 5.75 Å². The minimum absolute atomic E-state index is 0.383. The molecule has 2 N–H and O–H groups in total. The molecule has 2 fully saturated rings. The molecule has 0 amide bonds. The van der Waals surface area contributed by atoms with Gasteiger partial charge in [-0.2, -0.15) is 0 Å². The van der Waals surface area contributed by atoms with Crippen molar-refractivity contribution in [1.29, 1.82) is 0 Å². The van der Waals surface area contributed by atoms with Gasteiger partial charge in [0.15, 0.2) is 5.82 Å². The molecule has 11 heteroatoms. The number of anilines is 4. The number of methoxy groups -OCH3 is 1. The molecule has 4 heterocycles. The fraction of sp³-hybridized carbons (Fsp3) is 0.290. The van der Waals surface area contributed by atoms with Gasteiger partial charge in [0.05, 0.1) is 25.4 Å². The van der Waals surface area contributed by atoms with Crippen LogP contribution in [0.25, 0.3) is 21.8 Å². The average molecular weight is 572 g/mol. The average Bonchev–Trinajstić information content (AvgIpc) is 3.61. The molecule has 0 aliphatic carbocycles. The topological polar surface area (TPSA) is 81.8 Å². The Balaban J connectivity index is 1.18. The summed E-state index contributed by atoms with van der Waals surface area (Å²) in [6.45, 7) is 4.52. The number of aromatic amines is 1. The van der Waals surface area contributed by atoms with E-state index in [1.54, 1.807) is 18.2 Å². The highest BCUT2D eigenvalue weighted by atomic mass is 19.1. The first kappa shape index (κ1) is 26.4. The van der Waals surface area contributed by atoms with E-state index in [1.165, 1.54) is 24.1 Å². The van der Waals surface area contributed by atoms with Crippen LogP contribution in [0.4, 0.5) is 31.8 Å². The minimum atomic E-state index is -0.628. The first-order valence-corrected chi connectivity index (χ1v) is 14.0. The third-order valence-electron chi connectivity index (χ3n) is 8.09. The highest BCUT2D eigenvalue weighted by Crippen LogP contribution is 2.38. The van der Waals surface area contributed by atoms with E-state index in [9.17, 15) is 8.78 Å². The van der Waals surface area contributed by atoms with Crippen LogP contribution in [0.1, 0.15) is 18.0 Å². The summed E-state index contributed by atoms with van der Waals surface area (Å²) < 4.78 is 33.6. The van der Waals surface area contributed by atoms with E-state index in [2.05, 4.69) is 55.3 Å². The fourth-order valence-electron chi connectivity index (χ4n) is 5.89. The van der Waals surface area contributed by atoms with Gasteiger partial charge in [-0.05, 0) is 49.0 Å². The Morgan fingerprint density at radius 1 is 0.929 bits per heavy atom. The number of hydrogen-bond acceptors (Lipinski definition) is 8. The Morgan fingerprint density at radius 3 is 2.50 bits per heavy atom. The molecule has 0 radical (unpaired) electrons. The maximum Gasteiger partial charge on any atom is 0.158 e. The van der Waals surface area contributed by atoms with Crippen LogP contribution in [-0.4, -0.2) is 66.8 Å². The first-order valence-electron chi connectivity index (χ1n) is 14.0. The third-order valence-corrected chi connectivity index (χ3v) is 8.09. The molecule has 42 heavy (non-hydrogen) atoms. The van der Waals surface area contributed by atoms with Gasteiger partial charge < -0.3 is 24.8 Å². The summed E-state index contributed by atoms with van der Waals surface area (Å²) in [6, 6.07) is 15.5. The van der Waals surface area contributed by atoms with Gasteiger partial charge in [-0.15, -0.1) is 0 Å². The lowest BCUT2D eigenvalue weighted by Crippen LogP contribution is -2.44. The highest BCUT2D eigenvalue weighted by molar-refractivity contribution is 6.09. The van der Waals surface area contributed by atoms with Crippen molar-refractivity contribution >= 4 is 44.8 Å². The summed E-state index contributed by atoms with van der Waals surface area (Å²) in [5.74, 6) is 0.401. The van der Waals surface area contributed by atoms with E-state index < -0.39 is 11.6 Å². The molecule has 0 saturated carbocycles. The van der Waals surface area contributed by atoms with Gasteiger partial charge in [-0.25, -0.2) is 23.8 Å². The minimum Gasteiger partial charge on any atom is -0.495 e. The highest BCUT2D eigenvalue weighted by Gasteiger charge is 2.30. The molecule has 0 spiro atoms. The van der Waals surface area contributed by atoms with Crippen molar-refractivity contribution in [2.45, 2.75) is 12.5 Å². The number of hydroxylamine groups is 1. The summed E-state index contributed by atoms with van der Waals surface area (Å²) >= 11 is 0. The molecule has 9 nitrogen and oxygen atoms in total. The van der Waals surface area contributed by atoms with Gasteiger partial charge >= 0.3 is 0 Å².